The van der Waals surface area contributed by atoms with Crippen LogP contribution in [0.2, 0.25) is 0 Å². The van der Waals surface area contributed by atoms with E-state index in [1.807, 2.05) is 6.92 Å². The van der Waals surface area contributed by atoms with E-state index in [-0.39, 0.29) is 11.1 Å². The van der Waals surface area contributed by atoms with Gasteiger partial charge in [-0.25, -0.2) is 0 Å². The number of carbonyl (C=O) groups is 1. The van der Waals surface area contributed by atoms with Crippen LogP contribution in [0.3, 0.4) is 0 Å². The van der Waals surface area contributed by atoms with Crippen molar-refractivity contribution in [1.82, 2.24) is 0 Å². The Bertz CT molecular complexity index is 85.7. The Morgan fingerprint density at radius 2 is 2.38 bits per heavy atom. The molecule has 48 valence electrons. The third-order valence-corrected chi connectivity index (χ3v) is 1.33. The van der Waals surface area contributed by atoms with E-state index >= 15 is 0 Å². The lowest BCUT2D eigenvalue weighted by molar-refractivity contribution is -0.112. The van der Waals surface area contributed by atoms with E-state index in [2.05, 4.69) is 0 Å². The largest absolute Gasteiger partial charge is 0.412 e. The molecule has 1 aliphatic heterocycles. The lowest BCUT2D eigenvalue weighted by Crippen LogP contribution is -2.09. The molecule has 2 N–H and O–H groups in total. The molecular weight excluding hydrogens is 108 g/mol. The molecule has 1 saturated heterocycles. The summed E-state index contributed by atoms with van der Waals surface area (Å²) in [6, 6.07) is 0. The van der Waals surface area contributed by atoms with Crippen molar-refractivity contribution in [1.29, 1.82) is 0 Å². The summed E-state index contributed by atoms with van der Waals surface area (Å²) < 4.78 is 4.83. The molecular formula is C5H10O3. The molecule has 0 saturated carbocycles. The third-order valence-electron chi connectivity index (χ3n) is 1.33. The first-order valence-electron chi connectivity index (χ1n) is 2.43. The van der Waals surface area contributed by atoms with Crippen LogP contribution in [-0.2, 0) is 9.53 Å². The highest BCUT2D eigenvalue weighted by atomic mass is 16.6. The highest BCUT2D eigenvalue weighted by Crippen LogP contribution is 2.26. The first kappa shape index (κ1) is 7.59. The van der Waals surface area contributed by atoms with E-state index in [0.29, 0.717) is 6.61 Å². The molecule has 0 aromatic carbocycles. The molecule has 3 heteroatoms. The summed E-state index contributed by atoms with van der Waals surface area (Å²) in [5.41, 5.74) is -0.347. The molecule has 1 unspecified atom stereocenters. The number of rotatable bonds is 2. The van der Waals surface area contributed by atoms with Gasteiger partial charge in [-0.3, -0.25) is 0 Å². The Balaban J connectivity index is 0.000000490. The van der Waals surface area contributed by atoms with Crippen LogP contribution in [0.25, 0.3) is 0 Å². The molecule has 0 amide bonds. The molecule has 0 aromatic heterocycles. The van der Waals surface area contributed by atoms with Crippen molar-refractivity contribution in [3.63, 3.8) is 0 Å². The van der Waals surface area contributed by atoms with Gasteiger partial charge in [0, 0.05) is 0 Å². The van der Waals surface area contributed by atoms with Gasteiger partial charge >= 0.3 is 0 Å². The molecule has 0 spiro atoms. The standard InChI is InChI=1S/C5H8O2.H2O/c1-2-5(3-6)4-7-5;/h3H,2,4H2,1H3;1H2. The molecule has 8 heavy (non-hydrogen) atoms. The van der Waals surface area contributed by atoms with Crippen molar-refractivity contribution in [2.45, 2.75) is 18.9 Å². The van der Waals surface area contributed by atoms with E-state index < -0.39 is 0 Å². The summed E-state index contributed by atoms with van der Waals surface area (Å²) in [4.78, 5) is 10.00. The molecule has 3 nitrogen and oxygen atoms in total. The highest BCUT2D eigenvalue weighted by molar-refractivity contribution is 5.65. The number of hydrogen-bond acceptors (Lipinski definition) is 2. The lowest BCUT2D eigenvalue weighted by Gasteiger charge is -1.91. The Morgan fingerprint density at radius 1 is 1.88 bits per heavy atom. The van der Waals surface area contributed by atoms with E-state index in [1.54, 1.807) is 0 Å². The molecule has 0 radical (unpaired) electrons. The van der Waals surface area contributed by atoms with E-state index in [1.165, 1.54) is 0 Å². The molecule has 0 aromatic rings. The van der Waals surface area contributed by atoms with Gasteiger partial charge in [-0.2, -0.15) is 0 Å². The molecule has 1 fully saturated rings. The zero-order chi connectivity index (χ0) is 5.33. The maximum absolute atomic E-state index is 10.00. The second kappa shape index (κ2) is 2.24. The quantitative estimate of drug-likeness (QED) is 0.364. The van der Waals surface area contributed by atoms with Crippen LogP contribution in [0, 0.1) is 0 Å². The summed E-state index contributed by atoms with van der Waals surface area (Å²) in [5, 5.41) is 0. The van der Waals surface area contributed by atoms with Gasteiger partial charge in [-0.1, -0.05) is 6.92 Å². The Labute approximate surface area is 47.9 Å². The minimum atomic E-state index is -0.347. The zero-order valence-electron chi connectivity index (χ0n) is 4.81. The molecule has 1 aliphatic rings. The van der Waals surface area contributed by atoms with E-state index in [0.717, 1.165) is 12.7 Å². The fourth-order valence-corrected chi connectivity index (χ4v) is 0.448. The van der Waals surface area contributed by atoms with Gasteiger partial charge in [-0.05, 0) is 6.42 Å². The van der Waals surface area contributed by atoms with E-state index in [4.69, 9.17) is 4.74 Å². The van der Waals surface area contributed by atoms with Crippen LogP contribution in [-0.4, -0.2) is 24.0 Å². The zero-order valence-corrected chi connectivity index (χ0v) is 4.81. The number of carbonyl (C=O) groups excluding carboxylic acids is 1. The third kappa shape index (κ3) is 1.05. The highest BCUT2D eigenvalue weighted by Gasteiger charge is 2.42. The van der Waals surface area contributed by atoms with Crippen LogP contribution >= 0.6 is 0 Å². The van der Waals surface area contributed by atoms with E-state index in [9.17, 15) is 4.79 Å². The number of hydrogen-bond donors (Lipinski definition) is 0. The number of aldehydes is 1. The van der Waals surface area contributed by atoms with Gasteiger partial charge in [0.2, 0.25) is 0 Å². The maximum Gasteiger partial charge on any atom is 0.154 e. The summed E-state index contributed by atoms with van der Waals surface area (Å²) in [7, 11) is 0. The Kier molecular flexibility index (Phi) is 2.12. The fourth-order valence-electron chi connectivity index (χ4n) is 0.448. The average Bonchev–Trinajstić information content (AvgIpc) is 2.46. The summed E-state index contributed by atoms with van der Waals surface area (Å²) >= 11 is 0. The number of epoxide rings is 1. The number of ether oxygens (including phenoxy) is 1. The molecule has 1 heterocycles. The first-order chi connectivity index (χ1) is 3.33. The van der Waals surface area contributed by atoms with Gasteiger partial charge in [0.25, 0.3) is 0 Å². The van der Waals surface area contributed by atoms with Crippen molar-refractivity contribution >= 4 is 6.29 Å². The molecule has 1 atom stereocenters. The van der Waals surface area contributed by atoms with Gasteiger partial charge in [0.1, 0.15) is 5.60 Å². The van der Waals surface area contributed by atoms with Gasteiger partial charge in [-0.15, -0.1) is 0 Å². The van der Waals surface area contributed by atoms with Gasteiger partial charge in [0.15, 0.2) is 6.29 Å². The molecule has 0 bridgehead atoms. The summed E-state index contributed by atoms with van der Waals surface area (Å²) in [6.45, 7) is 2.58. The smallest absolute Gasteiger partial charge is 0.154 e. The minimum Gasteiger partial charge on any atom is -0.412 e. The SMILES string of the molecule is CCC1(C=O)CO1.O. The van der Waals surface area contributed by atoms with Crippen LogP contribution in [0.5, 0.6) is 0 Å². The van der Waals surface area contributed by atoms with Gasteiger partial charge in [0.05, 0.1) is 6.61 Å². The van der Waals surface area contributed by atoms with Crippen LogP contribution in [0.15, 0.2) is 0 Å². The maximum atomic E-state index is 10.00. The van der Waals surface area contributed by atoms with Crippen molar-refractivity contribution in [3.05, 3.63) is 0 Å². The monoisotopic (exact) mass is 118 g/mol. The Hall–Kier alpha value is -0.410. The van der Waals surface area contributed by atoms with Crippen LogP contribution < -0.4 is 0 Å². The van der Waals surface area contributed by atoms with Crippen LogP contribution in [0.4, 0.5) is 0 Å². The predicted octanol–water partition coefficient (Wildman–Crippen LogP) is -0.460. The topological polar surface area (TPSA) is 61.1 Å². The van der Waals surface area contributed by atoms with Crippen molar-refractivity contribution < 1.29 is 15.0 Å². The Morgan fingerprint density at radius 3 is 2.38 bits per heavy atom. The van der Waals surface area contributed by atoms with Crippen LogP contribution in [0.1, 0.15) is 13.3 Å². The second-order valence-corrected chi connectivity index (χ2v) is 1.82. The average molecular weight is 118 g/mol. The summed E-state index contributed by atoms with van der Waals surface area (Å²) in [5.74, 6) is 0. The fraction of sp³-hybridized carbons (Fsp3) is 0.800. The van der Waals surface area contributed by atoms with Crippen molar-refractivity contribution in [2.75, 3.05) is 6.61 Å². The van der Waals surface area contributed by atoms with Crippen molar-refractivity contribution in [3.8, 4) is 0 Å². The summed E-state index contributed by atoms with van der Waals surface area (Å²) in [6.07, 6.45) is 1.70. The molecule has 0 aliphatic carbocycles. The first-order valence-corrected chi connectivity index (χ1v) is 2.43. The van der Waals surface area contributed by atoms with Crippen molar-refractivity contribution in [2.24, 2.45) is 0 Å². The minimum absolute atomic E-state index is 0. The second-order valence-electron chi connectivity index (χ2n) is 1.82. The predicted molar refractivity (Wildman–Crippen MR) is 28.7 cm³/mol. The molecule has 1 rings (SSSR count). The lowest BCUT2D eigenvalue weighted by atomic mass is 10.1. The normalized spacial score (nSPS) is 33.1. The van der Waals surface area contributed by atoms with Gasteiger partial charge < -0.3 is 15.0 Å².